The van der Waals surface area contributed by atoms with Crippen molar-refractivity contribution in [2.45, 2.75) is 6.54 Å². The van der Waals surface area contributed by atoms with Crippen LogP contribution in [0.1, 0.15) is 10.4 Å². The molecular formula is C16H12N2O5S2. The lowest BCUT2D eigenvalue weighted by atomic mass is 10.0. The molecule has 0 saturated heterocycles. The molecule has 2 heterocycles. The van der Waals surface area contributed by atoms with Crippen LogP contribution in [0.15, 0.2) is 29.3 Å². The van der Waals surface area contributed by atoms with Crippen molar-refractivity contribution in [1.29, 1.82) is 0 Å². The molecule has 25 heavy (non-hydrogen) atoms. The Hall–Kier alpha value is -2.78. The Balaban J connectivity index is 2.14. The van der Waals surface area contributed by atoms with Crippen LogP contribution in [0.3, 0.4) is 0 Å². The fraction of sp³-hybridized carbons (Fsp3) is 0.125. The van der Waals surface area contributed by atoms with Gasteiger partial charge in [0.15, 0.2) is 9.67 Å². The molecule has 1 aromatic carbocycles. The molecule has 2 aromatic rings. The van der Waals surface area contributed by atoms with Gasteiger partial charge in [0.2, 0.25) is 5.88 Å². The number of hydrogen-bond donors (Lipinski definition) is 2. The number of carbonyl (C=O) groups excluding carboxylic acids is 1. The minimum absolute atomic E-state index is 0.118. The van der Waals surface area contributed by atoms with Gasteiger partial charge in [0.25, 0.3) is 0 Å². The van der Waals surface area contributed by atoms with E-state index in [9.17, 15) is 14.7 Å². The number of benzene rings is 1. The van der Waals surface area contributed by atoms with Crippen molar-refractivity contribution in [2.24, 2.45) is 4.99 Å². The summed E-state index contributed by atoms with van der Waals surface area (Å²) in [6, 6.07) is 7.16. The minimum Gasteiger partial charge on any atom is -0.493 e. The number of aliphatic imine (C=N–C) groups is 1. The summed E-state index contributed by atoms with van der Waals surface area (Å²) in [5.41, 5.74) is 1.93. The number of esters is 1. The van der Waals surface area contributed by atoms with Crippen LogP contribution < -0.4 is 0 Å². The van der Waals surface area contributed by atoms with Crippen molar-refractivity contribution in [3.05, 3.63) is 38.7 Å². The van der Waals surface area contributed by atoms with Crippen LogP contribution in [0.25, 0.3) is 11.6 Å². The van der Waals surface area contributed by atoms with Crippen LogP contribution in [-0.2, 0) is 20.9 Å². The monoisotopic (exact) mass is 376 g/mol. The van der Waals surface area contributed by atoms with Gasteiger partial charge in [-0.2, -0.15) is 0 Å². The van der Waals surface area contributed by atoms with Crippen molar-refractivity contribution in [3.63, 3.8) is 0 Å². The maximum Gasteiger partial charge on any atom is 0.357 e. The molecule has 1 aliphatic heterocycles. The molecule has 9 heteroatoms. The number of hydrogen-bond acceptors (Lipinski definition) is 7. The number of para-hydroxylation sites is 1. The number of methoxy groups -OCH3 is 1. The summed E-state index contributed by atoms with van der Waals surface area (Å²) in [6.45, 7) is -0.446. The third kappa shape index (κ3) is 3.11. The molecule has 0 saturated carbocycles. The van der Waals surface area contributed by atoms with Gasteiger partial charge >= 0.3 is 11.9 Å². The number of carbonyl (C=O) groups is 2. The lowest BCUT2D eigenvalue weighted by molar-refractivity contribution is -0.137. The third-order valence-electron chi connectivity index (χ3n) is 3.52. The Labute approximate surface area is 151 Å². The molecule has 0 fully saturated rings. The number of aliphatic carboxylic acids is 1. The first-order valence-electron chi connectivity index (χ1n) is 7.05. The van der Waals surface area contributed by atoms with Crippen LogP contribution >= 0.6 is 23.6 Å². The molecule has 3 rings (SSSR count). The first-order valence-corrected chi connectivity index (χ1v) is 8.27. The zero-order valence-corrected chi connectivity index (χ0v) is 14.6. The van der Waals surface area contributed by atoms with Crippen molar-refractivity contribution in [1.82, 2.24) is 4.57 Å². The van der Waals surface area contributed by atoms with Gasteiger partial charge in [-0.25, -0.2) is 9.79 Å². The van der Waals surface area contributed by atoms with Crippen molar-refractivity contribution < 1.29 is 24.5 Å². The average Bonchev–Trinajstić information content (AvgIpc) is 3.07. The van der Waals surface area contributed by atoms with Gasteiger partial charge in [0, 0.05) is 11.1 Å². The molecule has 0 radical (unpaired) electrons. The van der Waals surface area contributed by atoms with E-state index >= 15 is 0 Å². The minimum atomic E-state index is -1.12. The molecule has 0 atom stereocenters. The SMILES string of the molecule is COC(=O)C1=Nc2ccccc2/C1=C\c1sc(=S)n(CC(=O)O)c1O. The Bertz CT molecular complexity index is 1000. The fourth-order valence-corrected chi connectivity index (χ4v) is 3.67. The Morgan fingerprint density at radius 3 is 2.80 bits per heavy atom. The highest BCUT2D eigenvalue weighted by Crippen LogP contribution is 2.38. The number of fused-ring (bicyclic) bond motifs is 1. The Kier molecular flexibility index (Phi) is 4.51. The first kappa shape index (κ1) is 17.1. The zero-order valence-electron chi connectivity index (χ0n) is 12.9. The van der Waals surface area contributed by atoms with E-state index in [0.717, 1.165) is 15.9 Å². The first-order chi connectivity index (χ1) is 11.9. The van der Waals surface area contributed by atoms with Gasteiger partial charge in [-0.1, -0.05) is 18.2 Å². The van der Waals surface area contributed by atoms with E-state index in [-0.39, 0.29) is 15.5 Å². The molecule has 0 amide bonds. The molecule has 7 nitrogen and oxygen atoms in total. The van der Waals surface area contributed by atoms with E-state index in [1.165, 1.54) is 7.11 Å². The van der Waals surface area contributed by atoms with Crippen LogP contribution in [0.4, 0.5) is 5.69 Å². The predicted molar refractivity (Wildman–Crippen MR) is 95.9 cm³/mol. The van der Waals surface area contributed by atoms with Crippen LogP contribution in [-0.4, -0.2) is 39.5 Å². The predicted octanol–water partition coefficient (Wildman–Crippen LogP) is 2.87. The highest BCUT2D eigenvalue weighted by Gasteiger charge is 2.27. The summed E-state index contributed by atoms with van der Waals surface area (Å²) in [7, 11) is 1.26. The second-order valence-electron chi connectivity index (χ2n) is 5.06. The van der Waals surface area contributed by atoms with Gasteiger partial charge in [-0.05, 0) is 24.4 Å². The second kappa shape index (κ2) is 6.61. The van der Waals surface area contributed by atoms with E-state index in [2.05, 4.69) is 4.99 Å². The third-order valence-corrected chi connectivity index (χ3v) is 4.91. The summed E-state index contributed by atoms with van der Waals surface area (Å²) >= 11 is 6.16. The smallest absolute Gasteiger partial charge is 0.357 e. The topological polar surface area (TPSA) is 101 Å². The lowest BCUT2D eigenvalue weighted by Gasteiger charge is -2.04. The number of aromatic hydroxyl groups is 1. The normalized spacial score (nSPS) is 14.3. The molecule has 0 unspecified atom stereocenters. The van der Waals surface area contributed by atoms with E-state index in [1.54, 1.807) is 30.3 Å². The standard InChI is InChI=1S/C16H12N2O5S2/c1-23-15(22)13-9(8-4-2-3-5-10(8)17-13)6-11-14(21)18(7-12(19)20)16(24)25-11/h2-6,21H,7H2,1H3,(H,19,20)/b9-6+. The molecular weight excluding hydrogens is 364 g/mol. The van der Waals surface area contributed by atoms with Gasteiger partial charge < -0.3 is 14.9 Å². The molecule has 1 aromatic heterocycles. The maximum atomic E-state index is 12.0. The van der Waals surface area contributed by atoms with Gasteiger partial charge in [-0.15, -0.1) is 11.3 Å². The zero-order chi connectivity index (χ0) is 18.1. The summed E-state index contributed by atoms with van der Waals surface area (Å²) in [5, 5.41) is 19.2. The molecule has 2 N–H and O–H groups in total. The van der Waals surface area contributed by atoms with E-state index in [1.807, 2.05) is 0 Å². The summed E-state index contributed by atoms with van der Waals surface area (Å²) in [5.74, 6) is -1.99. The largest absolute Gasteiger partial charge is 0.493 e. The maximum absolute atomic E-state index is 12.0. The molecule has 0 aliphatic carbocycles. The number of ether oxygens (including phenoxy) is 1. The van der Waals surface area contributed by atoms with Crippen LogP contribution in [0.2, 0.25) is 0 Å². The number of carboxylic acids is 1. The van der Waals surface area contributed by atoms with Crippen molar-refractivity contribution in [2.75, 3.05) is 7.11 Å². The number of aromatic nitrogens is 1. The van der Waals surface area contributed by atoms with Gasteiger partial charge in [0.1, 0.15) is 6.54 Å². The Morgan fingerprint density at radius 2 is 2.12 bits per heavy atom. The number of thiazole rings is 1. The Morgan fingerprint density at radius 1 is 1.40 bits per heavy atom. The van der Waals surface area contributed by atoms with E-state index in [0.29, 0.717) is 21.7 Å². The summed E-state index contributed by atoms with van der Waals surface area (Å²) < 4.78 is 6.10. The highest BCUT2D eigenvalue weighted by molar-refractivity contribution is 7.73. The van der Waals surface area contributed by atoms with E-state index < -0.39 is 18.5 Å². The van der Waals surface area contributed by atoms with E-state index in [4.69, 9.17) is 22.1 Å². The fourth-order valence-electron chi connectivity index (χ4n) is 2.42. The molecule has 0 spiro atoms. The molecule has 128 valence electrons. The summed E-state index contributed by atoms with van der Waals surface area (Å²) in [4.78, 5) is 27.6. The van der Waals surface area contributed by atoms with Gasteiger partial charge in [-0.3, -0.25) is 9.36 Å². The average molecular weight is 376 g/mol. The number of carboxylic acid groups (broad SMARTS) is 1. The quantitative estimate of drug-likeness (QED) is 0.629. The van der Waals surface area contributed by atoms with Crippen LogP contribution in [0, 0.1) is 3.95 Å². The van der Waals surface area contributed by atoms with Crippen molar-refractivity contribution >= 4 is 58.5 Å². The van der Waals surface area contributed by atoms with Crippen molar-refractivity contribution in [3.8, 4) is 5.88 Å². The number of nitrogens with zero attached hydrogens (tertiary/aromatic N) is 2. The second-order valence-corrected chi connectivity index (χ2v) is 6.74. The number of rotatable bonds is 4. The molecule has 1 aliphatic rings. The molecule has 0 bridgehead atoms. The van der Waals surface area contributed by atoms with Gasteiger partial charge in [0.05, 0.1) is 17.7 Å². The summed E-state index contributed by atoms with van der Waals surface area (Å²) in [6.07, 6.45) is 1.57. The highest BCUT2D eigenvalue weighted by atomic mass is 32.1. The van der Waals surface area contributed by atoms with Crippen LogP contribution in [0.5, 0.6) is 5.88 Å². The lowest BCUT2D eigenvalue weighted by Crippen LogP contribution is -2.14.